The minimum absolute atomic E-state index is 0.00883. The number of anilines is 1. The number of rotatable bonds is 3. The Labute approximate surface area is 101 Å². The molecule has 1 amide bonds. The highest BCUT2D eigenvalue weighted by atomic mass is 16.3. The molecule has 1 aliphatic heterocycles. The van der Waals surface area contributed by atoms with Crippen LogP contribution in [0.1, 0.15) is 12.5 Å². The molecule has 0 radical (unpaired) electrons. The number of hydrogen-bond donors (Lipinski definition) is 3. The molecule has 2 rings (SSSR count). The normalized spacial score (nSPS) is 23.6. The smallest absolute Gasteiger partial charge is 0.229 e. The van der Waals surface area contributed by atoms with Gasteiger partial charge in [0, 0.05) is 12.2 Å². The fourth-order valence-electron chi connectivity index (χ4n) is 2.14. The second-order valence-corrected chi connectivity index (χ2v) is 4.59. The number of hydrogen-bond acceptors (Lipinski definition) is 3. The molecule has 2 unspecified atom stereocenters. The van der Waals surface area contributed by atoms with Crippen LogP contribution in [0.2, 0.25) is 0 Å². The standard InChI is InChI=1S/C13H18N2O2/c1-9-6-14-7-12(9)13(17)15-11-4-2-3-10(5-11)8-16/h2-5,9,12,14,16H,6-8H2,1H3,(H,15,17). The van der Waals surface area contributed by atoms with Gasteiger partial charge in [0.1, 0.15) is 0 Å². The Morgan fingerprint density at radius 3 is 3.00 bits per heavy atom. The minimum Gasteiger partial charge on any atom is -0.392 e. The average molecular weight is 234 g/mol. The monoisotopic (exact) mass is 234 g/mol. The summed E-state index contributed by atoms with van der Waals surface area (Å²) in [4.78, 5) is 12.0. The summed E-state index contributed by atoms with van der Waals surface area (Å²) in [6.45, 7) is 3.71. The molecule has 92 valence electrons. The van der Waals surface area contributed by atoms with Crippen molar-refractivity contribution in [2.24, 2.45) is 11.8 Å². The van der Waals surface area contributed by atoms with E-state index < -0.39 is 0 Å². The van der Waals surface area contributed by atoms with Gasteiger partial charge in [-0.1, -0.05) is 19.1 Å². The lowest BCUT2D eigenvalue weighted by atomic mass is 9.97. The van der Waals surface area contributed by atoms with E-state index in [-0.39, 0.29) is 18.4 Å². The molecule has 1 heterocycles. The quantitative estimate of drug-likeness (QED) is 0.730. The molecule has 3 N–H and O–H groups in total. The molecule has 0 aromatic heterocycles. The van der Waals surface area contributed by atoms with Gasteiger partial charge < -0.3 is 15.7 Å². The number of aliphatic hydroxyl groups excluding tert-OH is 1. The van der Waals surface area contributed by atoms with E-state index in [0.717, 1.165) is 24.3 Å². The highest BCUT2D eigenvalue weighted by molar-refractivity contribution is 5.93. The van der Waals surface area contributed by atoms with Crippen molar-refractivity contribution >= 4 is 11.6 Å². The van der Waals surface area contributed by atoms with Gasteiger partial charge in [-0.25, -0.2) is 0 Å². The van der Waals surface area contributed by atoms with E-state index >= 15 is 0 Å². The predicted octanol–water partition coefficient (Wildman–Crippen LogP) is 0.973. The minimum atomic E-state index is -0.00883. The first kappa shape index (κ1) is 12.1. The van der Waals surface area contributed by atoms with Gasteiger partial charge in [0.25, 0.3) is 0 Å². The van der Waals surface area contributed by atoms with E-state index in [2.05, 4.69) is 17.6 Å². The van der Waals surface area contributed by atoms with Crippen molar-refractivity contribution in [1.82, 2.24) is 5.32 Å². The van der Waals surface area contributed by atoms with Crippen molar-refractivity contribution in [3.05, 3.63) is 29.8 Å². The van der Waals surface area contributed by atoms with Crippen molar-refractivity contribution in [3.63, 3.8) is 0 Å². The first-order valence-electron chi connectivity index (χ1n) is 5.92. The third-order valence-corrected chi connectivity index (χ3v) is 3.23. The Balaban J connectivity index is 2.02. The molecule has 0 bridgehead atoms. The van der Waals surface area contributed by atoms with Crippen LogP contribution in [-0.2, 0) is 11.4 Å². The topological polar surface area (TPSA) is 61.4 Å². The van der Waals surface area contributed by atoms with E-state index in [9.17, 15) is 4.79 Å². The molecule has 1 aromatic rings. The highest BCUT2D eigenvalue weighted by Crippen LogP contribution is 2.19. The van der Waals surface area contributed by atoms with Crippen LogP contribution in [0.4, 0.5) is 5.69 Å². The summed E-state index contributed by atoms with van der Waals surface area (Å²) >= 11 is 0. The lowest BCUT2D eigenvalue weighted by Crippen LogP contribution is -2.27. The number of benzene rings is 1. The van der Waals surface area contributed by atoms with Gasteiger partial charge in [-0.3, -0.25) is 4.79 Å². The number of nitrogens with one attached hydrogen (secondary N) is 2. The summed E-state index contributed by atoms with van der Waals surface area (Å²) in [6.07, 6.45) is 0. The van der Waals surface area contributed by atoms with Crippen LogP contribution in [-0.4, -0.2) is 24.1 Å². The molecular weight excluding hydrogens is 216 g/mol. The molecular formula is C13H18N2O2. The van der Waals surface area contributed by atoms with Gasteiger partial charge in [-0.15, -0.1) is 0 Å². The lowest BCUT2D eigenvalue weighted by molar-refractivity contribution is -0.120. The molecule has 4 nitrogen and oxygen atoms in total. The van der Waals surface area contributed by atoms with Crippen LogP contribution in [0.3, 0.4) is 0 Å². The van der Waals surface area contributed by atoms with E-state index in [0.29, 0.717) is 5.92 Å². The largest absolute Gasteiger partial charge is 0.392 e. The van der Waals surface area contributed by atoms with Gasteiger partial charge in [0.05, 0.1) is 12.5 Å². The summed E-state index contributed by atoms with van der Waals surface area (Å²) in [5.41, 5.74) is 1.56. The van der Waals surface area contributed by atoms with Gasteiger partial charge in [-0.2, -0.15) is 0 Å². The van der Waals surface area contributed by atoms with E-state index in [1.165, 1.54) is 0 Å². The van der Waals surface area contributed by atoms with Gasteiger partial charge >= 0.3 is 0 Å². The first-order chi connectivity index (χ1) is 8.20. The van der Waals surface area contributed by atoms with Gasteiger partial charge in [0.15, 0.2) is 0 Å². The van der Waals surface area contributed by atoms with Crippen molar-refractivity contribution in [3.8, 4) is 0 Å². The zero-order chi connectivity index (χ0) is 12.3. The molecule has 17 heavy (non-hydrogen) atoms. The van der Waals surface area contributed by atoms with Crippen molar-refractivity contribution in [2.45, 2.75) is 13.5 Å². The third-order valence-electron chi connectivity index (χ3n) is 3.23. The summed E-state index contributed by atoms with van der Waals surface area (Å²) in [7, 11) is 0. The molecule has 1 aliphatic rings. The lowest BCUT2D eigenvalue weighted by Gasteiger charge is -2.14. The average Bonchev–Trinajstić information content (AvgIpc) is 2.76. The number of amides is 1. The molecule has 2 atom stereocenters. The molecule has 1 aromatic carbocycles. The predicted molar refractivity (Wildman–Crippen MR) is 66.5 cm³/mol. The van der Waals surface area contributed by atoms with Crippen molar-refractivity contribution in [1.29, 1.82) is 0 Å². The fourth-order valence-corrected chi connectivity index (χ4v) is 2.14. The third kappa shape index (κ3) is 2.84. The summed E-state index contributed by atoms with van der Waals surface area (Å²) in [5.74, 6) is 0.460. The Morgan fingerprint density at radius 1 is 1.53 bits per heavy atom. The number of aliphatic hydroxyl groups is 1. The Morgan fingerprint density at radius 2 is 2.35 bits per heavy atom. The summed E-state index contributed by atoms with van der Waals surface area (Å²) < 4.78 is 0. The molecule has 1 saturated heterocycles. The zero-order valence-corrected chi connectivity index (χ0v) is 9.94. The molecule has 1 fully saturated rings. The second kappa shape index (κ2) is 5.29. The Kier molecular flexibility index (Phi) is 3.76. The maximum atomic E-state index is 12.0. The fraction of sp³-hybridized carbons (Fsp3) is 0.462. The molecule has 0 aliphatic carbocycles. The van der Waals surface area contributed by atoms with Gasteiger partial charge in [0.2, 0.25) is 5.91 Å². The second-order valence-electron chi connectivity index (χ2n) is 4.59. The number of carbonyl (C=O) groups is 1. The molecule has 0 spiro atoms. The van der Waals surface area contributed by atoms with E-state index in [1.807, 2.05) is 18.2 Å². The maximum absolute atomic E-state index is 12.0. The van der Waals surface area contributed by atoms with Crippen LogP contribution in [0.25, 0.3) is 0 Å². The van der Waals surface area contributed by atoms with Gasteiger partial charge in [-0.05, 0) is 30.2 Å². The van der Waals surface area contributed by atoms with Crippen molar-refractivity contribution < 1.29 is 9.90 Å². The number of carbonyl (C=O) groups excluding carboxylic acids is 1. The van der Waals surface area contributed by atoms with E-state index in [1.54, 1.807) is 6.07 Å². The Bertz CT molecular complexity index is 406. The summed E-state index contributed by atoms with van der Waals surface area (Å²) in [5, 5.41) is 15.1. The van der Waals surface area contributed by atoms with Crippen LogP contribution in [0, 0.1) is 11.8 Å². The highest BCUT2D eigenvalue weighted by Gasteiger charge is 2.29. The van der Waals surface area contributed by atoms with Crippen LogP contribution in [0.15, 0.2) is 24.3 Å². The molecule has 0 saturated carbocycles. The SMILES string of the molecule is CC1CNCC1C(=O)Nc1cccc(CO)c1. The zero-order valence-electron chi connectivity index (χ0n) is 9.94. The van der Waals surface area contributed by atoms with Crippen LogP contribution >= 0.6 is 0 Å². The molecule has 4 heteroatoms. The van der Waals surface area contributed by atoms with E-state index in [4.69, 9.17) is 5.11 Å². The summed E-state index contributed by atoms with van der Waals surface area (Å²) in [6, 6.07) is 7.29. The van der Waals surface area contributed by atoms with Crippen molar-refractivity contribution in [2.75, 3.05) is 18.4 Å². The maximum Gasteiger partial charge on any atom is 0.229 e. The van der Waals surface area contributed by atoms with Crippen LogP contribution in [0.5, 0.6) is 0 Å². The Hall–Kier alpha value is -1.39. The van der Waals surface area contributed by atoms with Crippen LogP contribution < -0.4 is 10.6 Å². The first-order valence-corrected chi connectivity index (χ1v) is 5.92.